The maximum absolute atomic E-state index is 6.02. The molecule has 0 aliphatic carbocycles. The second-order valence-corrected chi connectivity index (χ2v) is 6.25. The lowest BCUT2D eigenvalue weighted by atomic mass is 9.82. The van der Waals surface area contributed by atoms with Crippen LogP contribution >= 0.6 is 11.8 Å². The van der Waals surface area contributed by atoms with Gasteiger partial charge in [0.15, 0.2) is 0 Å². The van der Waals surface area contributed by atoms with Crippen molar-refractivity contribution in [3.63, 3.8) is 0 Å². The number of methoxy groups -OCH3 is 1. The minimum Gasteiger partial charge on any atom is -0.496 e. The third-order valence-electron chi connectivity index (χ3n) is 3.94. The van der Waals surface area contributed by atoms with Crippen molar-refractivity contribution in [2.75, 3.05) is 25.2 Å². The zero-order chi connectivity index (χ0) is 13.0. The largest absolute Gasteiger partial charge is 0.496 e. The Morgan fingerprint density at radius 3 is 2.67 bits per heavy atom. The number of benzene rings is 1. The van der Waals surface area contributed by atoms with E-state index in [9.17, 15) is 0 Å². The van der Waals surface area contributed by atoms with Gasteiger partial charge in [-0.2, -0.15) is 11.8 Å². The Kier molecular flexibility index (Phi) is 4.95. The van der Waals surface area contributed by atoms with Gasteiger partial charge in [-0.05, 0) is 66.8 Å². The quantitative estimate of drug-likeness (QED) is 0.908. The van der Waals surface area contributed by atoms with Crippen LogP contribution in [0.3, 0.4) is 0 Å². The van der Waals surface area contributed by atoms with Gasteiger partial charge in [-0.3, -0.25) is 0 Å². The first-order valence-corrected chi connectivity index (χ1v) is 7.84. The molecule has 0 saturated carbocycles. The standard InChI is InChI=1S/C15H23NOS/c1-11-9-13(3-4-15(11)17-2)14(10-16)12-5-7-18-8-6-12/h3-4,9,12,14H,5-8,10,16H2,1-2H3. The maximum Gasteiger partial charge on any atom is 0.121 e. The summed E-state index contributed by atoms with van der Waals surface area (Å²) in [5.41, 5.74) is 8.61. The molecular formula is C15H23NOS. The third-order valence-corrected chi connectivity index (χ3v) is 4.98. The Morgan fingerprint density at radius 1 is 1.39 bits per heavy atom. The van der Waals surface area contributed by atoms with Gasteiger partial charge in [-0.15, -0.1) is 0 Å². The molecular weight excluding hydrogens is 242 g/mol. The van der Waals surface area contributed by atoms with E-state index in [0.29, 0.717) is 5.92 Å². The van der Waals surface area contributed by atoms with Crippen molar-refractivity contribution in [1.82, 2.24) is 0 Å². The lowest BCUT2D eigenvalue weighted by molar-refractivity contribution is 0.397. The molecule has 0 radical (unpaired) electrons. The molecule has 1 aliphatic rings. The molecule has 18 heavy (non-hydrogen) atoms. The Bertz CT molecular complexity index is 388. The van der Waals surface area contributed by atoms with E-state index in [2.05, 4.69) is 36.9 Å². The first-order chi connectivity index (χ1) is 8.76. The number of thioether (sulfide) groups is 1. The average Bonchev–Trinajstić information content (AvgIpc) is 2.41. The minimum absolute atomic E-state index is 0.510. The Labute approximate surface area is 114 Å². The first kappa shape index (κ1) is 13.8. The Hall–Kier alpha value is -0.670. The molecule has 2 N–H and O–H groups in total. The summed E-state index contributed by atoms with van der Waals surface area (Å²) in [5.74, 6) is 4.81. The third kappa shape index (κ3) is 3.01. The van der Waals surface area contributed by atoms with Crippen molar-refractivity contribution >= 4 is 11.8 Å². The van der Waals surface area contributed by atoms with Gasteiger partial charge >= 0.3 is 0 Å². The second-order valence-electron chi connectivity index (χ2n) is 5.02. The van der Waals surface area contributed by atoms with Gasteiger partial charge in [-0.1, -0.05) is 12.1 Å². The van der Waals surface area contributed by atoms with E-state index in [1.165, 1.54) is 35.5 Å². The molecule has 0 amide bonds. The number of nitrogens with two attached hydrogens (primary N) is 1. The lowest BCUT2D eigenvalue weighted by Crippen LogP contribution is -2.25. The minimum atomic E-state index is 0.510. The van der Waals surface area contributed by atoms with Gasteiger partial charge in [0.2, 0.25) is 0 Å². The molecule has 1 aliphatic heterocycles. The van der Waals surface area contributed by atoms with Crippen molar-refractivity contribution in [2.24, 2.45) is 11.7 Å². The van der Waals surface area contributed by atoms with E-state index >= 15 is 0 Å². The molecule has 2 nitrogen and oxygen atoms in total. The Morgan fingerprint density at radius 2 is 2.11 bits per heavy atom. The van der Waals surface area contributed by atoms with Crippen molar-refractivity contribution in [3.05, 3.63) is 29.3 Å². The summed E-state index contributed by atoms with van der Waals surface area (Å²) in [6, 6.07) is 6.51. The molecule has 1 heterocycles. The Balaban J connectivity index is 2.18. The fourth-order valence-corrected chi connectivity index (χ4v) is 3.99. The van der Waals surface area contributed by atoms with Crippen LogP contribution in [-0.4, -0.2) is 25.2 Å². The van der Waals surface area contributed by atoms with E-state index in [0.717, 1.165) is 18.2 Å². The fourth-order valence-electron chi connectivity index (χ4n) is 2.85. The van der Waals surface area contributed by atoms with E-state index in [1.54, 1.807) is 7.11 Å². The highest BCUT2D eigenvalue weighted by Crippen LogP contribution is 2.35. The summed E-state index contributed by atoms with van der Waals surface area (Å²) in [5, 5.41) is 0. The number of ether oxygens (including phenoxy) is 1. The first-order valence-electron chi connectivity index (χ1n) is 6.68. The van der Waals surface area contributed by atoms with Crippen molar-refractivity contribution in [1.29, 1.82) is 0 Å². The van der Waals surface area contributed by atoms with E-state index < -0.39 is 0 Å². The summed E-state index contributed by atoms with van der Waals surface area (Å²) in [6.07, 6.45) is 2.61. The number of rotatable bonds is 4. The predicted octanol–water partition coefficient (Wildman–Crippen LogP) is 3.19. The van der Waals surface area contributed by atoms with Crippen molar-refractivity contribution in [3.8, 4) is 5.75 Å². The normalized spacial score (nSPS) is 18.6. The average molecular weight is 265 g/mol. The van der Waals surface area contributed by atoms with E-state index in [1.807, 2.05) is 0 Å². The van der Waals surface area contributed by atoms with Crippen LogP contribution < -0.4 is 10.5 Å². The summed E-state index contributed by atoms with van der Waals surface area (Å²) < 4.78 is 5.32. The van der Waals surface area contributed by atoms with Gasteiger partial charge in [0.25, 0.3) is 0 Å². The van der Waals surface area contributed by atoms with Gasteiger partial charge in [0.1, 0.15) is 5.75 Å². The molecule has 3 heteroatoms. The summed E-state index contributed by atoms with van der Waals surface area (Å²) in [7, 11) is 1.72. The molecule has 1 aromatic rings. The van der Waals surface area contributed by atoms with Crippen LogP contribution in [0.5, 0.6) is 5.75 Å². The molecule has 1 atom stereocenters. The van der Waals surface area contributed by atoms with Crippen LogP contribution in [0.4, 0.5) is 0 Å². The smallest absolute Gasteiger partial charge is 0.121 e. The lowest BCUT2D eigenvalue weighted by Gasteiger charge is -2.30. The van der Waals surface area contributed by atoms with Crippen LogP contribution in [0.25, 0.3) is 0 Å². The van der Waals surface area contributed by atoms with Gasteiger partial charge in [0, 0.05) is 0 Å². The topological polar surface area (TPSA) is 35.2 Å². The molecule has 1 saturated heterocycles. The fraction of sp³-hybridized carbons (Fsp3) is 0.600. The number of aryl methyl sites for hydroxylation is 1. The van der Waals surface area contributed by atoms with Gasteiger partial charge in [-0.25, -0.2) is 0 Å². The van der Waals surface area contributed by atoms with Crippen LogP contribution in [0.15, 0.2) is 18.2 Å². The van der Waals surface area contributed by atoms with Crippen LogP contribution in [0, 0.1) is 12.8 Å². The van der Waals surface area contributed by atoms with Crippen molar-refractivity contribution < 1.29 is 4.74 Å². The molecule has 100 valence electrons. The molecule has 1 unspecified atom stereocenters. The zero-order valence-corrected chi connectivity index (χ0v) is 12.1. The summed E-state index contributed by atoms with van der Waals surface area (Å²) in [4.78, 5) is 0. The highest BCUT2D eigenvalue weighted by Gasteiger charge is 2.24. The highest BCUT2D eigenvalue weighted by molar-refractivity contribution is 7.99. The number of hydrogen-bond acceptors (Lipinski definition) is 3. The molecule has 0 bridgehead atoms. The van der Waals surface area contributed by atoms with E-state index in [4.69, 9.17) is 10.5 Å². The van der Waals surface area contributed by atoms with Crippen molar-refractivity contribution in [2.45, 2.75) is 25.7 Å². The SMILES string of the molecule is COc1ccc(C(CN)C2CCSCC2)cc1C. The molecule has 2 rings (SSSR count). The highest BCUT2D eigenvalue weighted by atomic mass is 32.2. The van der Waals surface area contributed by atoms with Gasteiger partial charge in [0.05, 0.1) is 7.11 Å². The van der Waals surface area contributed by atoms with Crippen LogP contribution in [0.1, 0.15) is 29.9 Å². The zero-order valence-electron chi connectivity index (χ0n) is 11.3. The molecule has 1 fully saturated rings. The predicted molar refractivity (Wildman–Crippen MR) is 79.6 cm³/mol. The number of hydrogen-bond donors (Lipinski definition) is 1. The van der Waals surface area contributed by atoms with Gasteiger partial charge < -0.3 is 10.5 Å². The summed E-state index contributed by atoms with van der Waals surface area (Å²) >= 11 is 2.07. The summed E-state index contributed by atoms with van der Waals surface area (Å²) in [6.45, 7) is 2.85. The van der Waals surface area contributed by atoms with Crippen LogP contribution in [0.2, 0.25) is 0 Å². The second kappa shape index (κ2) is 6.48. The monoisotopic (exact) mass is 265 g/mol. The maximum atomic E-state index is 6.02. The molecule has 0 aromatic heterocycles. The molecule has 1 aromatic carbocycles. The van der Waals surface area contributed by atoms with Crippen LogP contribution in [-0.2, 0) is 0 Å². The van der Waals surface area contributed by atoms with E-state index in [-0.39, 0.29) is 0 Å². The molecule has 0 spiro atoms.